The minimum atomic E-state index is -0.555. The number of likely N-dealkylation sites (N-methyl/N-ethyl adjacent to an activating group) is 1. The molecule has 0 aliphatic carbocycles. The van der Waals surface area contributed by atoms with Crippen molar-refractivity contribution in [2.24, 2.45) is 0 Å². The molecule has 0 spiro atoms. The monoisotopic (exact) mass is 273 g/mol. The number of hydrogen-bond donors (Lipinski definition) is 2. The number of carbonyl (C=O) groups excluding carboxylic acids is 1. The smallest absolute Gasteiger partial charge is 0.254 e. The van der Waals surface area contributed by atoms with Gasteiger partial charge in [0, 0.05) is 26.0 Å². The van der Waals surface area contributed by atoms with E-state index in [0.717, 1.165) is 10.9 Å². The lowest BCUT2D eigenvalue weighted by molar-refractivity contribution is 0.0705. The molecule has 0 fully saturated rings. The molecule has 0 saturated heterocycles. The Morgan fingerprint density at radius 2 is 2.15 bits per heavy atom. The minimum Gasteiger partial charge on any atom is -0.392 e. The molecule has 0 saturated carbocycles. The van der Waals surface area contributed by atoms with Crippen LogP contribution >= 0.6 is 0 Å². The lowest BCUT2D eigenvalue weighted by atomic mass is 10.1. The van der Waals surface area contributed by atoms with Crippen molar-refractivity contribution in [2.75, 3.05) is 26.0 Å². The van der Waals surface area contributed by atoms with Gasteiger partial charge in [0.15, 0.2) is 0 Å². The van der Waals surface area contributed by atoms with Crippen LogP contribution in [0.2, 0.25) is 0 Å². The van der Waals surface area contributed by atoms with Crippen molar-refractivity contribution in [1.29, 1.82) is 0 Å². The standard InChI is InChI=1S/C15H19N3O2/c1-10(19)9-18(3)15(20)12-8-14(16-2)17-13-7-5-4-6-11(12)13/h4-8,10,19H,9H2,1-3H3,(H,16,17). The summed E-state index contributed by atoms with van der Waals surface area (Å²) in [7, 11) is 3.45. The number of nitrogens with one attached hydrogen (secondary N) is 1. The van der Waals surface area contributed by atoms with Gasteiger partial charge in [0.25, 0.3) is 5.91 Å². The molecule has 1 atom stereocenters. The number of rotatable bonds is 4. The Kier molecular flexibility index (Phi) is 4.20. The fraction of sp³-hybridized carbons (Fsp3) is 0.333. The zero-order valence-corrected chi connectivity index (χ0v) is 11.9. The van der Waals surface area contributed by atoms with Crippen LogP contribution in [-0.4, -0.2) is 47.6 Å². The maximum atomic E-state index is 12.5. The number of fused-ring (bicyclic) bond motifs is 1. The number of anilines is 1. The van der Waals surface area contributed by atoms with Crippen molar-refractivity contribution in [1.82, 2.24) is 9.88 Å². The minimum absolute atomic E-state index is 0.124. The van der Waals surface area contributed by atoms with E-state index in [1.165, 1.54) is 4.90 Å². The van der Waals surface area contributed by atoms with Crippen molar-refractivity contribution in [3.63, 3.8) is 0 Å². The maximum absolute atomic E-state index is 12.5. The molecule has 2 aromatic rings. The molecule has 0 radical (unpaired) electrons. The summed E-state index contributed by atoms with van der Waals surface area (Å²) in [5.74, 6) is 0.526. The predicted octanol–water partition coefficient (Wildman–Crippen LogP) is 1.73. The third-order valence-corrected chi connectivity index (χ3v) is 3.09. The lowest BCUT2D eigenvalue weighted by Gasteiger charge is -2.20. The SMILES string of the molecule is CNc1cc(C(=O)N(C)CC(C)O)c2ccccc2n1. The van der Waals surface area contributed by atoms with E-state index in [0.29, 0.717) is 17.9 Å². The normalized spacial score (nSPS) is 12.2. The number of carbonyl (C=O) groups is 1. The average Bonchev–Trinajstić information content (AvgIpc) is 2.44. The van der Waals surface area contributed by atoms with Crippen LogP contribution in [0, 0.1) is 0 Å². The van der Waals surface area contributed by atoms with Crippen LogP contribution in [0.15, 0.2) is 30.3 Å². The number of para-hydroxylation sites is 1. The highest BCUT2D eigenvalue weighted by Crippen LogP contribution is 2.21. The van der Waals surface area contributed by atoms with E-state index in [1.807, 2.05) is 24.3 Å². The van der Waals surface area contributed by atoms with Crippen LogP contribution in [0.3, 0.4) is 0 Å². The molecule has 2 N–H and O–H groups in total. The third kappa shape index (κ3) is 2.88. The fourth-order valence-electron chi connectivity index (χ4n) is 2.17. The summed E-state index contributed by atoms with van der Waals surface area (Å²) in [5.41, 5.74) is 1.36. The van der Waals surface area contributed by atoms with Gasteiger partial charge in [0.2, 0.25) is 0 Å². The highest BCUT2D eigenvalue weighted by atomic mass is 16.3. The van der Waals surface area contributed by atoms with E-state index in [9.17, 15) is 9.90 Å². The summed E-state index contributed by atoms with van der Waals surface area (Å²) in [5, 5.41) is 13.2. The second-order valence-corrected chi connectivity index (χ2v) is 4.86. The molecule has 5 heteroatoms. The summed E-state index contributed by atoms with van der Waals surface area (Å²) in [6.45, 7) is 1.96. The number of amides is 1. The van der Waals surface area contributed by atoms with Crippen LogP contribution in [0.5, 0.6) is 0 Å². The number of aliphatic hydroxyl groups is 1. The van der Waals surface area contributed by atoms with Crippen molar-refractivity contribution in [3.8, 4) is 0 Å². The molecule has 20 heavy (non-hydrogen) atoms. The molecule has 1 aromatic heterocycles. The number of aliphatic hydroxyl groups excluding tert-OH is 1. The Morgan fingerprint density at radius 1 is 1.45 bits per heavy atom. The van der Waals surface area contributed by atoms with Crippen molar-refractivity contribution in [2.45, 2.75) is 13.0 Å². The summed E-state index contributed by atoms with van der Waals surface area (Å²) in [6.07, 6.45) is -0.555. The zero-order valence-electron chi connectivity index (χ0n) is 11.9. The molecule has 1 heterocycles. The van der Waals surface area contributed by atoms with Crippen molar-refractivity contribution in [3.05, 3.63) is 35.9 Å². The summed E-state index contributed by atoms with van der Waals surface area (Å²) >= 11 is 0. The fourth-order valence-corrected chi connectivity index (χ4v) is 2.17. The summed E-state index contributed by atoms with van der Waals surface area (Å²) < 4.78 is 0. The van der Waals surface area contributed by atoms with E-state index in [2.05, 4.69) is 10.3 Å². The summed E-state index contributed by atoms with van der Waals surface area (Å²) in [6, 6.07) is 9.27. The Balaban J connectivity index is 2.49. The van der Waals surface area contributed by atoms with E-state index >= 15 is 0 Å². The molecular weight excluding hydrogens is 254 g/mol. The molecule has 0 bridgehead atoms. The van der Waals surface area contributed by atoms with Gasteiger partial charge < -0.3 is 15.3 Å². The Hall–Kier alpha value is -2.14. The lowest BCUT2D eigenvalue weighted by Crippen LogP contribution is -2.33. The number of benzene rings is 1. The molecule has 1 amide bonds. The molecule has 1 unspecified atom stereocenters. The molecule has 2 rings (SSSR count). The van der Waals surface area contributed by atoms with Gasteiger partial charge in [-0.25, -0.2) is 4.98 Å². The van der Waals surface area contributed by atoms with E-state index < -0.39 is 6.10 Å². The predicted molar refractivity (Wildman–Crippen MR) is 79.9 cm³/mol. The van der Waals surface area contributed by atoms with Crippen LogP contribution in [-0.2, 0) is 0 Å². The van der Waals surface area contributed by atoms with Gasteiger partial charge in [-0.15, -0.1) is 0 Å². The second-order valence-electron chi connectivity index (χ2n) is 4.86. The Bertz CT molecular complexity index is 626. The molecule has 1 aromatic carbocycles. The second kappa shape index (κ2) is 5.88. The largest absolute Gasteiger partial charge is 0.392 e. The Morgan fingerprint density at radius 3 is 2.80 bits per heavy atom. The first kappa shape index (κ1) is 14.3. The van der Waals surface area contributed by atoms with Crippen LogP contribution < -0.4 is 5.32 Å². The van der Waals surface area contributed by atoms with Gasteiger partial charge in [-0.05, 0) is 19.1 Å². The molecular formula is C15H19N3O2. The first-order chi connectivity index (χ1) is 9.52. The summed E-state index contributed by atoms with van der Waals surface area (Å²) in [4.78, 5) is 18.5. The topological polar surface area (TPSA) is 65.5 Å². The average molecular weight is 273 g/mol. The van der Waals surface area contributed by atoms with Crippen LogP contribution in [0.4, 0.5) is 5.82 Å². The molecule has 106 valence electrons. The first-order valence-electron chi connectivity index (χ1n) is 6.54. The van der Waals surface area contributed by atoms with E-state index in [-0.39, 0.29) is 5.91 Å². The number of hydrogen-bond acceptors (Lipinski definition) is 4. The van der Waals surface area contributed by atoms with Crippen molar-refractivity contribution < 1.29 is 9.90 Å². The molecule has 0 aliphatic heterocycles. The number of nitrogens with zero attached hydrogens (tertiary/aromatic N) is 2. The highest BCUT2D eigenvalue weighted by Gasteiger charge is 2.17. The zero-order chi connectivity index (χ0) is 14.7. The third-order valence-electron chi connectivity index (χ3n) is 3.09. The van der Waals surface area contributed by atoms with Gasteiger partial charge in [-0.2, -0.15) is 0 Å². The van der Waals surface area contributed by atoms with Crippen molar-refractivity contribution >= 4 is 22.6 Å². The van der Waals surface area contributed by atoms with Crippen LogP contribution in [0.1, 0.15) is 17.3 Å². The van der Waals surface area contributed by atoms with Gasteiger partial charge in [-0.1, -0.05) is 18.2 Å². The molecule has 0 aliphatic rings. The van der Waals surface area contributed by atoms with E-state index in [4.69, 9.17) is 0 Å². The van der Waals surface area contributed by atoms with Crippen LogP contribution in [0.25, 0.3) is 10.9 Å². The maximum Gasteiger partial charge on any atom is 0.254 e. The highest BCUT2D eigenvalue weighted by molar-refractivity contribution is 6.06. The van der Waals surface area contributed by atoms with E-state index in [1.54, 1.807) is 27.1 Å². The molecule has 5 nitrogen and oxygen atoms in total. The van der Waals surface area contributed by atoms with Gasteiger partial charge in [0.05, 0.1) is 17.2 Å². The number of pyridine rings is 1. The quantitative estimate of drug-likeness (QED) is 0.890. The van der Waals surface area contributed by atoms with Gasteiger partial charge in [-0.3, -0.25) is 4.79 Å². The number of aromatic nitrogens is 1. The van der Waals surface area contributed by atoms with Gasteiger partial charge >= 0.3 is 0 Å². The Labute approximate surface area is 118 Å². The van der Waals surface area contributed by atoms with Gasteiger partial charge in [0.1, 0.15) is 5.82 Å². The first-order valence-corrected chi connectivity index (χ1v) is 6.54.